The maximum absolute atomic E-state index is 12.7. The van der Waals surface area contributed by atoms with Crippen molar-refractivity contribution in [2.45, 2.75) is 13.5 Å². The number of carbonyl (C=O) groups excluding carboxylic acids is 1. The molecule has 1 heterocycles. The first-order valence-electron chi connectivity index (χ1n) is 9.60. The molecule has 0 aliphatic carbocycles. The molecule has 1 aliphatic rings. The molecule has 0 N–H and O–H groups in total. The minimum Gasteiger partial charge on any atom is -0.488 e. The number of fused-ring (bicyclic) bond motifs is 1. The number of hydrogen-bond donors (Lipinski definition) is 0. The maximum atomic E-state index is 12.7. The topological polar surface area (TPSA) is 29.5 Å². The van der Waals surface area contributed by atoms with Crippen molar-refractivity contribution in [1.82, 2.24) is 0 Å². The van der Waals surface area contributed by atoms with Crippen LogP contribution < -0.4 is 9.64 Å². The number of nitrogens with zero attached hydrogens (tertiary/aromatic N) is 1. The fraction of sp³-hybridized carbons (Fsp3) is 0.160. The van der Waals surface area contributed by atoms with Gasteiger partial charge in [-0.1, -0.05) is 54.6 Å². The molecule has 3 heteroatoms. The van der Waals surface area contributed by atoms with Crippen LogP contribution in [-0.2, 0) is 6.54 Å². The van der Waals surface area contributed by atoms with Gasteiger partial charge in [-0.2, -0.15) is 0 Å². The van der Waals surface area contributed by atoms with Crippen LogP contribution in [0.15, 0.2) is 84.4 Å². The summed E-state index contributed by atoms with van der Waals surface area (Å²) in [7, 11) is 0. The summed E-state index contributed by atoms with van der Waals surface area (Å²) in [5.41, 5.74) is 4.79. The van der Waals surface area contributed by atoms with Gasteiger partial charge in [-0.05, 0) is 48.4 Å². The number of benzene rings is 3. The molecule has 3 nitrogen and oxygen atoms in total. The number of para-hydroxylation sites is 1. The molecule has 28 heavy (non-hydrogen) atoms. The Bertz CT molecular complexity index is 991. The summed E-state index contributed by atoms with van der Waals surface area (Å²) in [6, 6.07) is 26.2. The lowest BCUT2D eigenvalue weighted by Crippen LogP contribution is -2.21. The van der Waals surface area contributed by atoms with E-state index in [2.05, 4.69) is 60.4 Å². The molecule has 0 amide bonds. The number of ether oxygens (including phenoxy) is 1. The zero-order chi connectivity index (χ0) is 19.3. The third-order valence-corrected chi connectivity index (χ3v) is 5.00. The molecule has 3 aromatic carbocycles. The van der Waals surface area contributed by atoms with Crippen molar-refractivity contribution in [3.63, 3.8) is 0 Å². The van der Waals surface area contributed by atoms with Gasteiger partial charge < -0.3 is 9.64 Å². The van der Waals surface area contributed by atoms with E-state index >= 15 is 0 Å². The Hall–Kier alpha value is -3.33. The lowest BCUT2D eigenvalue weighted by Gasteiger charge is -2.23. The van der Waals surface area contributed by atoms with E-state index in [1.807, 2.05) is 36.4 Å². The van der Waals surface area contributed by atoms with Gasteiger partial charge >= 0.3 is 0 Å². The average Bonchev–Trinajstić information content (AvgIpc) is 2.75. The minimum atomic E-state index is 0.0465. The zero-order valence-electron chi connectivity index (χ0n) is 16.0. The number of anilines is 1. The average molecular weight is 369 g/mol. The van der Waals surface area contributed by atoms with Crippen molar-refractivity contribution in [1.29, 1.82) is 0 Å². The second-order valence-corrected chi connectivity index (χ2v) is 6.87. The molecule has 0 fully saturated rings. The number of Topliss-reactive ketones (excluding diaryl/α,β-unsaturated/α-hetero) is 1. The number of hydrogen-bond acceptors (Lipinski definition) is 3. The second-order valence-electron chi connectivity index (χ2n) is 6.87. The van der Waals surface area contributed by atoms with Crippen LogP contribution in [0, 0.1) is 0 Å². The Morgan fingerprint density at radius 2 is 1.64 bits per heavy atom. The van der Waals surface area contributed by atoms with Gasteiger partial charge in [-0.25, -0.2) is 0 Å². The highest BCUT2D eigenvalue weighted by molar-refractivity contribution is 6.14. The first kappa shape index (κ1) is 18.1. The van der Waals surface area contributed by atoms with Crippen LogP contribution in [0.4, 0.5) is 5.69 Å². The molecule has 0 atom stereocenters. The van der Waals surface area contributed by atoms with Crippen LogP contribution in [0.3, 0.4) is 0 Å². The van der Waals surface area contributed by atoms with E-state index in [1.54, 1.807) is 0 Å². The Kier molecular flexibility index (Phi) is 5.24. The highest BCUT2D eigenvalue weighted by atomic mass is 16.5. The Morgan fingerprint density at radius 1 is 0.929 bits per heavy atom. The van der Waals surface area contributed by atoms with Gasteiger partial charge in [0.1, 0.15) is 12.4 Å². The smallest absolute Gasteiger partial charge is 0.196 e. The van der Waals surface area contributed by atoms with E-state index in [1.165, 1.54) is 11.3 Å². The predicted octanol–water partition coefficient (Wildman–Crippen LogP) is 5.37. The molecule has 0 radical (unpaired) electrons. The fourth-order valence-corrected chi connectivity index (χ4v) is 3.45. The molecule has 0 spiro atoms. The molecule has 140 valence electrons. The highest BCUT2D eigenvalue weighted by Gasteiger charge is 2.22. The molecule has 0 saturated heterocycles. The predicted molar refractivity (Wildman–Crippen MR) is 114 cm³/mol. The largest absolute Gasteiger partial charge is 0.488 e. The normalized spacial score (nSPS) is 14.5. The van der Waals surface area contributed by atoms with Crippen LogP contribution in [0.25, 0.3) is 6.08 Å². The van der Waals surface area contributed by atoms with Crippen molar-refractivity contribution in [3.8, 4) is 5.75 Å². The first-order valence-corrected chi connectivity index (χ1v) is 9.60. The van der Waals surface area contributed by atoms with Crippen molar-refractivity contribution in [2.24, 2.45) is 0 Å². The summed E-state index contributed by atoms with van der Waals surface area (Å²) in [6.45, 7) is 4.28. The number of carbonyl (C=O) groups is 1. The lowest BCUT2D eigenvalue weighted by atomic mass is 9.98. The lowest BCUT2D eigenvalue weighted by molar-refractivity contribution is 0.100. The van der Waals surface area contributed by atoms with Gasteiger partial charge in [0, 0.05) is 24.4 Å². The van der Waals surface area contributed by atoms with E-state index in [4.69, 9.17) is 4.74 Å². The summed E-state index contributed by atoms with van der Waals surface area (Å²) in [5, 5.41) is 0. The van der Waals surface area contributed by atoms with E-state index in [9.17, 15) is 4.79 Å². The van der Waals surface area contributed by atoms with Crippen LogP contribution in [-0.4, -0.2) is 18.9 Å². The summed E-state index contributed by atoms with van der Waals surface area (Å²) in [5.74, 6) is 0.713. The van der Waals surface area contributed by atoms with Crippen molar-refractivity contribution >= 4 is 17.5 Å². The summed E-state index contributed by atoms with van der Waals surface area (Å²) in [4.78, 5) is 15.0. The van der Waals surface area contributed by atoms with Gasteiger partial charge in [0.2, 0.25) is 0 Å². The summed E-state index contributed by atoms with van der Waals surface area (Å²) in [6.07, 6.45) is 1.93. The molecule has 0 aromatic heterocycles. The fourth-order valence-electron chi connectivity index (χ4n) is 3.45. The molecular weight excluding hydrogens is 346 g/mol. The van der Waals surface area contributed by atoms with Crippen LogP contribution in [0.2, 0.25) is 0 Å². The van der Waals surface area contributed by atoms with E-state index < -0.39 is 0 Å². The Labute approximate surface area is 165 Å². The monoisotopic (exact) mass is 369 g/mol. The molecular formula is C25H23NO2. The van der Waals surface area contributed by atoms with E-state index in [-0.39, 0.29) is 5.78 Å². The quantitative estimate of drug-likeness (QED) is 0.566. The van der Waals surface area contributed by atoms with Gasteiger partial charge in [-0.3, -0.25) is 4.79 Å². The zero-order valence-corrected chi connectivity index (χ0v) is 16.0. The molecule has 0 unspecified atom stereocenters. The molecule has 1 aliphatic heterocycles. The summed E-state index contributed by atoms with van der Waals surface area (Å²) < 4.78 is 5.73. The Balaban J connectivity index is 1.52. The standard InChI is InChI=1S/C25H23NO2/c1-2-26(17-20-8-4-3-5-9-20)22-14-12-19(13-15-22)16-21-18-28-24-11-7-6-10-23(24)25(21)27/h3-16H,2,17-18H2,1H3/b21-16+. The molecule has 4 rings (SSSR count). The van der Waals surface area contributed by atoms with Gasteiger partial charge in [0.05, 0.1) is 5.56 Å². The van der Waals surface area contributed by atoms with Gasteiger partial charge in [0.15, 0.2) is 5.78 Å². The van der Waals surface area contributed by atoms with Crippen molar-refractivity contribution in [2.75, 3.05) is 18.1 Å². The Morgan fingerprint density at radius 3 is 2.39 bits per heavy atom. The SMILES string of the molecule is CCN(Cc1ccccc1)c1ccc(/C=C2\COc3ccccc3C2=O)cc1. The minimum absolute atomic E-state index is 0.0465. The van der Waals surface area contributed by atoms with Crippen LogP contribution >= 0.6 is 0 Å². The van der Waals surface area contributed by atoms with Crippen LogP contribution in [0.5, 0.6) is 5.75 Å². The number of ketones is 1. The first-order chi connectivity index (χ1) is 13.7. The van der Waals surface area contributed by atoms with Crippen LogP contribution in [0.1, 0.15) is 28.4 Å². The third-order valence-electron chi connectivity index (χ3n) is 5.00. The van der Waals surface area contributed by atoms with Gasteiger partial charge in [0.25, 0.3) is 0 Å². The maximum Gasteiger partial charge on any atom is 0.196 e. The summed E-state index contributed by atoms with van der Waals surface area (Å²) >= 11 is 0. The van der Waals surface area contributed by atoms with Crippen molar-refractivity contribution in [3.05, 3.63) is 101 Å². The highest BCUT2D eigenvalue weighted by Crippen LogP contribution is 2.28. The second kappa shape index (κ2) is 8.13. The molecule has 0 bridgehead atoms. The van der Waals surface area contributed by atoms with E-state index in [0.717, 1.165) is 18.7 Å². The van der Waals surface area contributed by atoms with E-state index in [0.29, 0.717) is 23.5 Å². The molecule has 3 aromatic rings. The van der Waals surface area contributed by atoms with Crippen molar-refractivity contribution < 1.29 is 9.53 Å². The van der Waals surface area contributed by atoms with Gasteiger partial charge in [-0.15, -0.1) is 0 Å². The third kappa shape index (κ3) is 3.84. The molecule has 0 saturated carbocycles. The number of rotatable bonds is 5.